The lowest BCUT2D eigenvalue weighted by molar-refractivity contribution is -0.385. The summed E-state index contributed by atoms with van der Waals surface area (Å²) in [7, 11) is 3.63. The maximum atomic E-state index is 13.6. The molecule has 0 fully saturated rings. The highest BCUT2D eigenvalue weighted by atomic mass is 19.1. The van der Waals surface area contributed by atoms with Gasteiger partial charge in [0.1, 0.15) is 11.5 Å². The highest BCUT2D eigenvalue weighted by molar-refractivity contribution is 5.59. The Bertz CT molecular complexity index is 1050. The Balaban J connectivity index is 1.99. The van der Waals surface area contributed by atoms with Crippen LogP contribution >= 0.6 is 0 Å². The molecule has 1 atom stereocenters. The Labute approximate surface area is 154 Å². The van der Waals surface area contributed by atoms with E-state index in [0.29, 0.717) is 11.2 Å². The van der Waals surface area contributed by atoms with Crippen LogP contribution in [0.3, 0.4) is 0 Å². The second-order valence-corrected chi connectivity index (χ2v) is 6.22. The van der Waals surface area contributed by atoms with Crippen LogP contribution in [-0.2, 0) is 0 Å². The summed E-state index contributed by atoms with van der Waals surface area (Å²) in [4.78, 5) is 29.2. The van der Waals surface area contributed by atoms with Crippen molar-refractivity contribution in [2.45, 2.75) is 6.04 Å². The molecular weight excluding hydrogens is 353 g/mol. The van der Waals surface area contributed by atoms with Gasteiger partial charge in [-0.25, -0.2) is 9.37 Å². The molecule has 8 nitrogen and oxygen atoms in total. The highest BCUT2D eigenvalue weighted by Crippen LogP contribution is 2.23. The predicted molar refractivity (Wildman–Crippen MR) is 99.4 cm³/mol. The molecule has 0 aliphatic rings. The van der Waals surface area contributed by atoms with Crippen molar-refractivity contribution < 1.29 is 9.31 Å². The maximum absolute atomic E-state index is 13.6. The van der Waals surface area contributed by atoms with Gasteiger partial charge in [-0.1, -0.05) is 18.2 Å². The lowest BCUT2D eigenvalue weighted by Gasteiger charge is -2.25. The van der Waals surface area contributed by atoms with Gasteiger partial charge >= 0.3 is 11.2 Å². The Kier molecular flexibility index (Phi) is 5.13. The first-order valence-electron chi connectivity index (χ1n) is 8.20. The van der Waals surface area contributed by atoms with E-state index in [9.17, 15) is 19.3 Å². The molecule has 0 amide bonds. The van der Waals surface area contributed by atoms with Gasteiger partial charge in [0, 0.05) is 12.7 Å². The third-order valence-electron chi connectivity index (χ3n) is 4.21. The van der Waals surface area contributed by atoms with Gasteiger partial charge in [0.05, 0.1) is 11.0 Å². The third kappa shape index (κ3) is 3.77. The minimum absolute atomic E-state index is 0.112. The van der Waals surface area contributed by atoms with Crippen LogP contribution in [0.4, 0.5) is 15.9 Å². The second-order valence-electron chi connectivity index (χ2n) is 6.22. The van der Waals surface area contributed by atoms with Crippen LogP contribution in [0.2, 0.25) is 0 Å². The second kappa shape index (κ2) is 7.50. The summed E-state index contributed by atoms with van der Waals surface area (Å²) in [6.07, 6.45) is 1.43. The number of nitrogens with one attached hydrogen (secondary N) is 1. The largest absolute Gasteiger partial charge is 0.376 e. The fourth-order valence-corrected chi connectivity index (χ4v) is 2.87. The predicted octanol–water partition coefficient (Wildman–Crippen LogP) is 2.46. The minimum atomic E-state index is -0.764. The van der Waals surface area contributed by atoms with E-state index in [-0.39, 0.29) is 24.2 Å². The monoisotopic (exact) mass is 371 g/mol. The SMILES string of the molecule is CN(C)C(CNc1nc2ccccn2c(=O)c1[N+](=O)[O-])c1cccc(F)c1. The van der Waals surface area contributed by atoms with Crippen LogP contribution in [0.1, 0.15) is 11.6 Å². The number of pyridine rings is 1. The van der Waals surface area contributed by atoms with E-state index in [1.165, 1.54) is 18.3 Å². The number of benzene rings is 1. The molecular formula is C18H18FN5O3. The number of hydrogen-bond acceptors (Lipinski definition) is 6. The zero-order valence-electron chi connectivity index (χ0n) is 14.8. The van der Waals surface area contributed by atoms with Crippen LogP contribution in [0.15, 0.2) is 53.5 Å². The van der Waals surface area contributed by atoms with Crippen molar-refractivity contribution >= 4 is 17.2 Å². The Hall–Kier alpha value is -3.33. The molecule has 0 bridgehead atoms. The topological polar surface area (TPSA) is 92.8 Å². The lowest BCUT2D eigenvalue weighted by Crippen LogP contribution is -2.28. The summed E-state index contributed by atoms with van der Waals surface area (Å²) in [5.74, 6) is -0.480. The number of likely N-dealkylation sites (N-methyl/N-ethyl adjacent to an activating group) is 1. The van der Waals surface area contributed by atoms with E-state index < -0.39 is 16.2 Å². The number of nitro groups is 1. The average Bonchev–Trinajstić information content (AvgIpc) is 2.61. The van der Waals surface area contributed by atoms with Crippen molar-refractivity contribution in [2.24, 2.45) is 0 Å². The number of hydrogen-bond donors (Lipinski definition) is 1. The smallest absolute Gasteiger partial charge is 0.362 e. The molecule has 27 heavy (non-hydrogen) atoms. The molecule has 0 saturated heterocycles. The quantitative estimate of drug-likeness (QED) is 0.529. The molecule has 3 rings (SSSR count). The molecule has 9 heteroatoms. The van der Waals surface area contributed by atoms with Crippen molar-refractivity contribution in [3.63, 3.8) is 0 Å². The fraction of sp³-hybridized carbons (Fsp3) is 0.222. The number of rotatable bonds is 6. The Morgan fingerprint density at radius 3 is 2.74 bits per heavy atom. The average molecular weight is 371 g/mol. The van der Waals surface area contributed by atoms with E-state index >= 15 is 0 Å². The molecule has 140 valence electrons. The number of aromatic nitrogens is 2. The van der Waals surface area contributed by atoms with Crippen molar-refractivity contribution in [3.8, 4) is 0 Å². The van der Waals surface area contributed by atoms with Crippen LogP contribution < -0.4 is 10.9 Å². The summed E-state index contributed by atoms with van der Waals surface area (Å²) in [5.41, 5.74) is -0.397. The molecule has 0 radical (unpaired) electrons. The van der Waals surface area contributed by atoms with Gasteiger partial charge in [-0.2, -0.15) is 0 Å². The molecule has 0 aliphatic carbocycles. The first-order valence-corrected chi connectivity index (χ1v) is 8.20. The first-order chi connectivity index (χ1) is 12.9. The van der Waals surface area contributed by atoms with Crippen molar-refractivity contribution in [2.75, 3.05) is 26.0 Å². The molecule has 2 aromatic heterocycles. The van der Waals surface area contributed by atoms with Crippen molar-refractivity contribution in [1.29, 1.82) is 0 Å². The standard InChI is InChI=1S/C18H18FN5O3/c1-22(2)14(12-6-5-7-13(19)10-12)11-20-17-16(24(26)27)18(25)23-9-4-3-8-15(23)21-17/h3-10,14,20H,11H2,1-2H3. The first kappa shape index (κ1) is 18.5. The molecule has 1 aromatic carbocycles. The Morgan fingerprint density at radius 2 is 2.07 bits per heavy atom. The molecule has 0 aliphatic heterocycles. The lowest BCUT2D eigenvalue weighted by atomic mass is 10.1. The Morgan fingerprint density at radius 1 is 1.30 bits per heavy atom. The minimum Gasteiger partial charge on any atom is -0.362 e. The van der Waals surface area contributed by atoms with Crippen LogP contribution in [0.25, 0.3) is 5.65 Å². The molecule has 3 aromatic rings. The van der Waals surface area contributed by atoms with Crippen LogP contribution in [0, 0.1) is 15.9 Å². The third-order valence-corrected chi connectivity index (χ3v) is 4.21. The molecule has 1 N–H and O–H groups in total. The number of fused-ring (bicyclic) bond motifs is 1. The van der Waals surface area contributed by atoms with Gasteiger partial charge < -0.3 is 10.2 Å². The van der Waals surface area contributed by atoms with Crippen molar-refractivity contribution in [3.05, 3.63) is 80.5 Å². The summed E-state index contributed by atoms with van der Waals surface area (Å²) in [5, 5.41) is 14.3. The number of anilines is 1. The van der Waals surface area contributed by atoms with Crippen LogP contribution in [0.5, 0.6) is 0 Å². The number of halogens is 1. The zero-order chi connectivity index (χ0) is 19.6. The number of nitrogens with zero attached hydrogens (tertiary/aromatic N) is 4. The molecule has 2 heterocycles. The van der Waals surface area contributed by atoms with Crippen LogP contribution in [-0.4, -0.2) is 39.8 Å². The summed E-state index contributed by atoms with van der Waals surface area (Å²) in [6, 6.07) is 10.7. The summed E-state index contributed by atoms with van der Waals surface area (Å²) >= 11 is 0. The molecule has 1 unspecified atom stereocenters. The van der Waals surface area contributed by atoms with E-state index in [1.54, 1.807) is 30.3 Å². The summed E-state index contributed by atoms with van der Waals surface area (Å²) < 4.78 is 14.7. The zero-order valence-corrected chi connectivity index (χ0v) is 14.8. The van der Waals surface area contributed by atoms with E-state index in [2.05, 4.69) is 10.3 Å². The highest BCUT2D eigenvalue weighted by Gasteiger charge is 2.24. The van der Waals surface area contributed by atoms with Gasteiger partial charge in [-0.05, 0) is 43.9 Å². The normalized spacial score (nSPS) is 12.3. The van der Waals surface area contributed by atoms with Gasteiger partial charge in [0.25, 0.3) is 0 Å². The fourth-order valence-electron chi connectivity index (χ4n) is 2.87. The van der Waals surface area contributed by atoms with Gasteiger partial charge in [0.15, 0.2) is 0 Å². The van der Waals surface area contributed by atoms with Gasteiger partial charge in [0.2, 0.25) is 5.82 Å². The van der Waals surface area contributed by atoms with E-state index in [0.717, 1.165) is 4.40 Å². The van der Waals surface area contributed by atoms with Gasteiger partial charge in [-0.15, -0.1) is 0 Å². The molecule has 0 saturated carbocycles. The van der Waals surface area contributed by atoms with E-state index in [4.69, 9.17) is 0 Å². The van der Waals surface area contributed by atoms with Gasteiger partial charge in [-0.3, -0.25) is 19.3 Å². The van der Waals surface area contributed by atoms with E-state index in [1.807, 2.05) is 19.0 Å². The molecule has 0 spiro atoms. The van der Waals surface area contributed by atoms with Crippen molar-refractivity contribution in [1.82, 2.24) is 14.3 Å². The maximum Gasteiger partial charge on any atom is 0.376 e. The summed E-state index contributed by atoms with van der Waals surface area (Å²) in [6.45, 7) is 0.201.